The first-order valence-electron chi connectivity index (χ1n) is 6.45. The number of piperidine rings is 1. The summed E-state index contributed by atoms with van der Waals surface area (Å²) in [7, 11) is 1.41. The molecule has 1 aromatic carbocycles. The minimum absolute atomic E-state index is 0.0548. The van der Waals surface area contributed by atoms with Crippen LogP contribution in [0.4, 0.5) is 0 Å². The van der Waals surface area contributed by atoms with E-state index < -0.39 is 0 Å². The van der Waals surface area contributed by atoms with Gasteiger partial charge in [0.15, 0.2) is 0 Å². The van der Waals surface area contributed by atoms with E-state index >= 15 is 0 Å². The first kappa shape index (κ1) is 17.7. The van der Waals surface area contributed by atoms with Gasteiger partial charge in [0.2, 0.25) is 0 Å². The van der Waals surface area contributed by atoms with Crippen LogP contribution >= 0.6 is 67.8 Å². The number of rotatable bonds is 2. The van der Waals surface area contributed by atoms with E-state index in [-0.39, 0.29) is 17.8 Å². The number of halogens is 3. The second-order valence-electron chi connectivity index (χ2n) is 4.84. The zero-order chi connectivity index (χ0) is 15.6. The van der Waals surface area contributed by atoms with Gasteiger partial charge in [0.1, 0.15) is 0 Å². The molecule has 1 aliphatic rings. The molecule has 0 unspecified atom stereocenters. The van der Waals surface area contributed by atoms with Gasteiger partial charge in [-0.25, -0.2) is 0 Å². The summed E-state index contributed by atoms with van der Waals surface area (Å²) in [5.74, 6) is -0.186. The molecule has 0 radical (unpaired) electrons. The number of esters is 1. The van der Waals surface area contributed by atoms with Crippen molar-refractivity contribution in [1.82, 2.24) is 4.90 Å². The number of likely N-dealkylation sites (tertiary alicyclic amines) is 1. The van der Waals surface area contributed by atoms with Crippen LogP contribution in [-0.2, 0) is 9.53 Å². The van der Waals surface area contributed by atoms with E-state index in [2.05, 4.69) is 73.8 Å². The highest BCUT2D eigenvalue weighted by Crippen LogP contribution is 2.26. The number of nitrogens with zero attached hydrogens (tertiary/aromatic N) is 1. The molecule has 21 heavy (non-hydrogen) atoms. The summed E-state index contributed by atoms with van der Waals surface area (Å²) in [6.07, 6.45) is 1.35. The molecule has 114 valence electrons. The molecule has 0 N–H and O–H groups in total. The largest absolute Gasteiger partial charge is 0.469 e. The lowest BCUT2D eigenvalue weighted by Gasteiger charge is -2.31. The predicted octanol–water partition coefficient (Wildman–Crippen LogP) is 3.53. The van der Waals surface area contributed by atoms with Crippen LogP contribution < -0.4 is 0 Å². The van der Waals surface area contributed by atoms with Gasteiger partial charge in [0, 0.05) is 23.8 Å². The number of methoxy groups -OCH3 is 1. The number of hydrogen-bond donors (Lipinski definition) is 0. The minimum Gasteiger partial charge on any atom is -0.469 e. The highest BCUT2D eigenvalue weighted by molar-refractivity contribution is 14.1. The topological polar surface area (TPSA) is 46.6 Å². The molecule has 2 rings (SSSR count). The summed E-state index contributed by atoms with van der Waals surface area (Å²) in [5, 5.41) is 0. The Hall–Kier alpha value is 0.350. The Kier molecular flexibility index (Phi) is 6.53. The second kappa shape index (κ2) is 7.75. The molecule has 0 aromatic heterocycles. The Morgan fingerprint density at radius 3 is 2.38 bits per heavy atom. The summed E-state index contributed by atoms with van der Waals surface area (Å²) in [4.78, 5) is 26.0. The van der Waals surface area contributed by atoms with Crippen LogP contribution in [0, 0.1) is 16.6 Å². The Balaban J connectivity index is 2.11. The van der Waals surface area contributed by atoms with Gasteiger partial charge in [-0.2, -0.15) is 0 Å². The van der Waals surface area contributed by atoms with Gasteiger partial charge in [-0.1, -0.05) is 0 Å². The van der Waals surface area contributed by atoms with Crippen molar-refractivity contribution in [1.29, 1.82) is 0 Å². The predicted molar refractivity (Wildman–Crippen MR) is 105 cm³/mol. The van der Waals surface area contributed by atoms with Crippen molar-refractivity contribution >= 4 is 79.6 Å². The minimum atomic E-state index is -0.166. The number of ether oxygens (including phenoxy) is 1. The second-order valence-corrected chi connectivity index (χ2v) is 8.33. The average molecular weight is 625 g/mol. The van der Waals surface area contributed by atoms with E-state index in [1.807, 2.05) is 11.0 Å². The quantitative estimate of drug-likeness (QED) is 0.288. The molecule has 7 heteroatoms. The van der Waals surface area contributed by atoms with Crippen LogP contribution in [0.3, 0.4) is 0 Å². The van der Waals surface area contributed by atoms with Gasteiger partial charge >= 0.3 is 5.97 Å². The highest BCUT2D eigenvalue weighted by Gasteiger charge is 2.29. The van der Waals surface area contributed by atoms with Crippen molar-refractivity contribution in [3.05, 3.63) is 28.4 Å². The van der Waals surface area contributed by atoms with Gasteiger partial charge in [0.05, 0.1) is 18.6 Å². The van der Waals surface area contributed by atoms with Crippen molar-refractivity contribution < 1.29 is 14.3 Å². The molecule has 0 bridgehead atoms. The van der Waals surface area contributed by atoms with Crippen molar-refractivity contribution in [3.63, 3.8) is 0 Å². The Labute approximate surface area is 164 Å². The third-order valence-corrected chi connectivity index (χ3v) is 7.21. The smallest absolute Gasteiger partial charge is 0.308 e. The van der Waals surface area contributed by atoms with Crippen molar-refractivity contribution in [2.24, 2.45) is 5.92 Å². The normalized spacial score (nSPS) is 15.9. The van der Waals surface area contributed by atoms with Crippen LogP contribution in [0.5, 0.6) is 0 Å². The monoisotopic (exact) mass is 625 g/mol. The fraction of sp³-hybridized carbons (Fsp3) is 0.429. The molecule has 1 aliphatic heterocycles. The zero-order valence-electron chi connectivity index (χ0n) is 11.4. The van der Waals surface area contributed by atoms with Crippen LogP contribution in [0.15, 0.2) is 12.1 Å². The Morgan fingerprint density at radius 1 is 1.19 bits per heavy atom. The summed E-state index contributed by atoms with van der Waals surface area (Å²) >= 11 is 6.70. The maximum Gasteiger partial charge on any atom is 0.308 e. The van der Waals surface area contributed by atoms with E-state index in [1.54, 1.807) is 0 Å². The van der Waals surface area contributed by atoms with Gasteiger partial charge in [-0.05, 0) is 92.7 Å². The van der Waals surface area contributed by atoms with E-state index in [9.17, 15) is 9.59 Å². The lowest BCUT2D eigenvalue weighted by molar-refractivity contribution is -0.146. The lowest BCUT2D eigenvalue weighted by atomic mass is 9.96. The highest BCUT2D eigenvalue weighted by atomic mass is 127. The van der Waals surface area contributed by atoms with Gasteiger partial charge in [-0.15, -0.1) is 0 Å². The van der Waals surface area contributed by atoms with Crippen LogP contribution in [0.25, 0.3) is 0 Å². The van der Waals surface area contributed by atoms with Gasteiger partial charge < -0.3 is 9.64 Å². The van der Waals surface area contributed by atoms with Crippen LogP contribution in [0.1, 0.15) is 23.2 Å². The van der Waals surface area contributed by atoms with Crippen molar-refractivity contribution in [2.45, 2.75) is 12.8 Å². The van der Waals surface area contributed by atoms with Crippen molar-refractivity contribution in [3.8, 4) is 0 Å². The SMILES string of the molecule is COC(=O)C1CCN(C(=O)c2cc(I)cc(I)c2I)CC1. The molecule has 4 nitrogen and oxygen atoms in total. The number of carbonyl (C=O) groups excluding carboxylic acids is 2. The lowest BCUT2D eigenvalue weighted by Crippen LogP contribution is -2.40. The third-order valence-electron chi connectivity index (χ3n) is 3.54. The average Bonchev–Trinajstić information content (AvgIpc) is 2.49. The zero-order valence-corrected chi connectivity index (χ0v) is 17.8. The first-order chi connectivity index (χ1) is 9.93. The maximum atomic E-state index is 12.7. The Bertz CT molecular complexity index is 569. The van der Waals surface area contributed by atoms with E-state index in [4.69, 9.17) is 4.74 Å². The molecule has 0 spiro atoms. The van der Waals surface area contributed by atoms with Crippen LogP contribution in [0.2, 0.25) is 0 Å². The molecule has 0 atom stereocenters. The fourth-order valence-electron chi connectivity index (χ4n) is 2.37. The molecule has 1 aromatic rings. The standard InChI is InChI=1S/C14H14I3NO3/c1-21-14(20)8-2-4-18(5-3-8)13(19)10-6-9(15)7-11(16)12(10)17/h6-8H,2-5H2,1H3. The third kappa shape index (κ3) is 4.21. The molecular weight excluding hydrogens is 611 g/mol. The number of benzene rings is 1. The molecular formula is C14H14I3NO3. The number of carbonyl (C=O) groups is 2. The summed E-state index contributed by atoms with van der Waals surface area (Å²) in [6.45, 7) is 1.22. The summed E-state index contributed by atoms with van der Waals surface area (Å²) in [5.41, 5.74) is 0.753. The van der Waals surface area contributed by atoms with E-state index in [1.165, 1.54) is 7.11 Å². The summed E-state index contributed by atoms with van der Waals surface area (Å²) < 4.78 is 7.92. The Morgan fingerprint density at radius 2 is 1.81 bits per heavy atom. The summed E-state index contributed by atoms with van der Waals surface area (Å²) in [6, 6.07) is 3.99. The molecule has 1 amide bonds. The van der Waals surface area contributed by atoms with Crippen molar-refractivity contribution in [2.75, 3.05) is 20.2 Å². The van der Waals surface area contributed by atoms with Crippen LogP contribution in [-0.4, -0.2) is 37.0 Å². The number of amides is 1. The molecule has 1 saturated heterocycles. The molecule has 0 saturated carbocycles. The number of hydrogen-bond acceptors (Lipinski definition) is 3. The first-order valence-corrected chi connectivity index (χ1v) is 9.69. The molecule has 1 heterocycles. The van der Waals surface area contributed by atoms with Gasteiger partial charge in [0.25, 0.3) is 5.91 Å². The van der Waals surface area contributed by atoms with Gasteiger partial charge in [-0.3, -0.25) is 9.59 Å². The van der Waals surface area contributed by atoms with E-state index in [0.29, 0.717) is 25.9 Å². The fourth-order valence-corrected chi connectivity index (χ4v) is 4.75. The van der Waals surface area contributed by atoms with E-state index in [0.717, 1.165) is 16.3 Å². The molecule has 1 fully saturated rings. The maximum absolute atomic E-state index is 12.7. The molecule has 0 aliphatic carbocycles.